The zero-order valence-electron chi connectivity index (χ0n) is 17.4. The molecule has 3 heterocycles. The van der Waals surface area contributed by atoms with E-state index in [4.69, 9.17) is 9.16 Å². The van der Waals surface area contributed by atoms with Gasteiger partial charge in [-0.1, -0.05) is 33.4 Å². The largest absolute Gasteiger partial charge is 0.445 e. The number of carbonyl (C=O) groups is 1. The molecule has 28 heavy (non-hydrogen) atoms. The molecule has 1 aliphatic heterocycles. The molecular formula is C20H31N3O3SSi. The van der Waals surface area contributed by atoms with Crippen molar-refractivity contribution in [2.45, 2.75) is 59.0 Å². The highest BCUT2D eigenvalue weighted by Crippen LogP contribution is 2.43. The number of thiazole rings is 1. The average Bonchev–Trinajstić information content (AvgIpc) is 3.28. The summed E-state index contributed by atoms with van der Waals surface area (Å²) < 4.78 is 13.9. The molecule has 2 aromatic rings. The van der Waals surface area contributed by atoms with Crippen LogP contribution in [0.5, 0.6) is 0 Å². The normalized spacial score (nSPS) is 22.9. The second-order valence-electron chi connectivity index (χ2n) is 8.72. The van der Waals surface area contributed by atoms with Gasteiger partial charge in [-0.25, -0.2) is 9.78 Å². The standard InChI is InChI=1S/C20H31N3O3SSi/c1-7-9-25-19(24)23-14(12-16-18-22(13-21-16)8-10-27-18)11-15(20(2,3)4)17(23)26-28(5)6/h7-8,10,13-15,17,28H,1,9,11-12H2,2-6H3/t14-,15+,17?/m1/s1. The summed E-state index contributed by atoms with van der Waals surface area (Å²) in [6.07, 6.45) is 6.45. The van der Waals surface area contributed by atoms with E-state index in [-0.39, 0.29) is 36.3 Å². The van der Waals surface area contributed by atoms with Crippen molar-refractivity contribution >= 4 is 31.3 Å². The fourth-order valence-corrected chi connectivity index (χ4v) is 5.63. The average molecular weight is 422 g/mol. The van der Waals surface area contributed by atoms with Crippen LogP contribution in [0.2, 0.25) is 13.1 Å². The van der Waals surface area contributed by atoms with Gasteiger partial charge >= 0.3 is 6.09 Å². The second-order valence-corrected chi connectivity index (χ2v) is 12.0. The van der Waals surface area contributed by atoms with Gasteiger partial charge in [-0.3, -0.25) is 9.30 Å². The molecule has 0 bridgehead atoms. The summed E-state index contributed by atoms with van der Waals surface area (Å²) in [6, 6.07) is 0.0000836. The lowest BCUT2D eigenvalue weighted by Crippen LogP contribution is -2.47. The SMILES string of the molecule is C=CCOC(=O)N1C(O[SiH](C)C)[C@@H](C(C)(C)C)C[C@@H]1Cc1ncn2ccsc12. The van der Waals surface area contributed by atoms with Crippen LogP contribution in [0, 0.1) is 11.3 Å². The van der Waals surface area contributed by atoms with Crippen LogP contribution >= 0.6 is 11.3 Å². The van der Waals surface area contributed by atoms with Gasteiger partial charge in [0, 0.05) is 30.0 Å². The number of carbonyl (C=O) groups excluding carboxylic acids is 1. The number of aromatic nitrogens is 2. The number of amides is 1. The van der Waals surface area contributed by atoms with Gasteiger partial charge < -0.3 is 9.16 Å². The molecule has 3 rings (SSSR count). The van der Waals surface area contributed by atoms with Gasteiger partial charge in [0.2, 0.25) is 0 Å². The van der Waals surface area contributed by atoms with E-state index in [0.29, 0.717) is 6.42 Å². The van der Waals surface area contributed by atoms with Gasteiger partial charge in [-0.2, -0.15) is 0 Å². The number of hydrogen-bond donors (Lipinski definition) is 0. The summed E-state index contributed by atoms with van der Waals surface area (Å²) in [4.78, 5) is 20.6. The monoisotopic (exact) mass is 421 g/mol. The van der Waals surface area contributed by atoms with Crippen LogP contribution in [-0.4, -0.2) is 48.3 Å². The van der Waals surface area contributed by atoms with Crippen LogP contribution in [0.1, 0.15) is 32.9 Å². The molecule has 1 aliphatic rings. The summed E-state index contributed by atoms with van der Waals surface area (Å²) >= 11 is 1.67. The number of nitrogens with zero attached hydrogens (tertiary/aromatic N) is 3. The fraction of sp³-hybridized carbons (Fsp3) is 0.600. The molecular weight excluding hydrogens is 390 g/mol. The Bertz CT molecular complexity index is 826. The number of hydrogen-bond acceptors (Lipinski definition) is 5. The Kier molecular flexibility index (Phi) is 6.31. The molecule has 0 aliphatic carbocycles. The highest BCUT2D eigenvalue weighted by molar-refractivity contribution is 7.15. The van der Waals surface area contributed by atoms with E-state index in [2.05, 4.69) is 50.8 Å². The lowest BCUT2D eigenvalue weighted by Gasteiger charge is -2.36. The van der Waals surface area contributed by atoms with Crippen molar-refractivity contribution in [2.75, 3.05) is 6.61 Å². The van der Waals surface area contributed by atoms with Crippen molar-refractivity contribution in [3.63, 3.8) is 0 Å². The van der Waals surface area contributed by atoms with E-state index in [0.717, 1.165) is 16.9 Å². The molecule has 154 valence electrons. The number of fused-ring (bicyclic) bond motifs is 1. The molecule has 2 aromatic heterocycles. The summed E-state index contributed by atoms with van der Waals surface area (Å²) in [5, 5.41) is 2.06. The van der Waals surface area contributed by atoms with Gasteiger partial charge in [0.15, 0.2) is 9.04 Å². The Morgan fingerprint density at radius 1 is 1.46 bits per heavy atom. The van der Waals surface area contributed by atoms with Crippen LogP contribution in [0.15, 0.2) is 30.6 Å². The summed E-state index contributed by atoms with van der Waals surface area (Å²) in [5.41, 5.74) is 1.04. The Hall–Kier alpha value is -1.64. The Morgan fingerprint density at radius 3 is 2.86 bits per heavy atom. The zero-order valence-corrected chi connectivity index (χ0v) is 19.4. The van der Waals surface area contributed by atoms with Gasteiger partial charge in [-0.05, 0) is 24.9 Å². The first-order chi connectivity index (χ1) is 13.2. The molecule has 0 N–H and O–H groups in total. The van der Waals surface area contributed by atoms with Crippen molar-refractivity contribution < 1.29 is 14.0 Å². The molecule has 6 nitrogen and oxygen atoms in total. The number of ether oxygens (including phenoxy) is 1. The third-order valence-corrected chi connectivity index (χ3v) is 7.00. The lowest BCUT2D eigenvalue weighted by molar-refractivity contribution is -0.0131. The maximum Gasteiger partial charge on any atom is 0.412 e. The van der Waals surface area contributed by atoms with E-state index in [1.807, 2.05) is 21.8 Å². The molecule has 1 unspecified atom stereocenters. The predicted molar refractivity (Wildman–Crippen MR) is 115 cm³/mol. The Balaban J connectivity index is 1.93. The summed E-state index contributed by atoms with van der Waals surface area (Å²) in [7, 11) is -1.36. The third-order valence-electron chi connectivity index (χ3n) is 5.25. The van der Waals surface area contributed by atoms with E-state index in [1.54, 1.807) is 17.4 Å². The van der Waals surface area contributed by atoms with Crippen molar-refractivity contribution in [2.24, 2.45) is 11.3 Å². The van der Waals surface area contributed by atoms with Crippen molar-refractivity contribution in [1.29, 1.82) is 0 Å². The first-order valence-electron chi connectivity index (χ1n) is 9.82. The van der Waals surface area contributed by atoms with E-state index in [1.165, 1.54) is 0 Å². The second kappa shape index (κ2) is 8.38. The maximum atomic E-state index is 13.0. The molecule has 3 atom stereocenters. The summed E-state index contributed by atoms with van der Waals surface area (Å²) in [5.74, 6) is 0.241. The lowest BCUT2D eigenvalue weighted by atomic mass is 9.78. The molecule has 8 heteroatoms. The third kappa shape index (κ3) is 4.34. The molecule has 0 spiro atoms. The molecule has 0 aromatic carbocycles. The van der Waals surface area contributed by atoms with Gasteiger partial charge in [0.05, 0.1) is 5.69 Å². The minimum absolute atomic E-state index is 0.0000836. The van der Waals surface area contributed by atoms with E-state index >= 15 is 0 Å². The topological polar surface area (TPSA) is 56.1 Å². The number of imidazole rings is 1. The highest BCUT2D eigenvalue weighted by Gasteiger charge is 2.49. The van der Waals surface area contributed by atoms with Crippen LogP contribution in [0.25, 0.3) is 4.83 Å². The van der Waals surface area contributed by atoms with Crippen molar-refractivity contribution in [3.8, 4) is 0 Å². The molecule has 1 saturated heterocycles. The summed E-state index contributed by atoms with van der Waals surface area (Å²) in [6.45, 7) is 14.8. The smallest absolute Gasteiger partial charge is 0.412 e. The molecule has 0 radical (unpaired) electrons. The number of rotatable bonds is 6. The minimum Gasteiger partial charge on any atom is -0.445 e. The minimum atomic E-state index is -1.36. The highest BCUT2D eigenvalue weighted by atomic mass is 32.1. The Labute approximate surface area is 172 Å². The Morgan fingerprint density at radius 2 is 2.21 bits per heavy atom. The van der Waals surface area contributed by atoms with E-state index < -0.39 is 9.04 Å². The van der Waals surface area contributed by atoms with Crippen LogP contribution < -0.4 is 0 Å². The molecule has 1 amide bonds. The van der Waals surface area contributed by atoms with Crippen LogP contribution in [-0.2, 0) is 15.6 Å². The molecule has 0 saturated carbocycles. The van der Waals surface area contributed by atoms with E-state index in [9.17, 15) is 4.79 Å². The van der Waals surface area contributed by atoms with Gasteiger partial charge in [0.1, 0.15) is 24.0 Å². The predicted octanol–water partition coefficient (Wildman–Crippen LogP) is 4.32. The van der Waals surface area contributed by atoms with Crippen LogP contribution in [0.4, 0.5) is 4.79 Å². The van der Waals surface area contributed by atoms with Gasteiger partial charge in [0.25, 0.3) is 0 Å². The van der Waals surface area contributed by atoms with Crippen LogP contribution in [0.3, 0.4) is 0 Å². The fourth-order valence-electron chi connectivity index (χ4n) is 3.93. The molecule has 1 fully saturated rings. The zero-order chi connectivity index (χ0) is 20.5. The maximum absolute atomic E-state index is 13.0. The van der Waals surface area contributed by atoms with Crippen molar-refractivity contribution in [1.82, 2.24) is 14.3 Å². The first-order valence-corrected chi connectivity index (χ1v) is 13.5. The van der Waals surface area contributed by atoms with Gasteiger partial charge in [-0.15, -0.1) is 11.3 Å². The van der Waals surface area contributed by atoms with Crippen molar-refractivity contribution in [3.05, 3.63) is 36.3 Å². The first kappa shape index (κ1) is 21.1. The number of likely N-dealkylation sites (tertiary alicyclic amines) is 1. The quantitative estimate of drug-likeness (QED) is 0.515.